The Morgan fingerprint density at radius 2 is 2.00 bits per heavy atom. The Morgan fingerprint density at radius 3 is 2.00 bits per heavy atom. The van der Waals surface area contributed by atoms with Crippen LogP contribution in [0, 0.1) is 5.92 Å². The topological polar surface area (TPSA) is 20.2 Å². The Bertz CT molecular complexity index is 53.5. The molecule has 0 aliphatic rings. The summed E-state index contributed by atoms with van der Waals surface area (Å²) in [5, 5.41) is 8.80. The van der Waals surface area contributed by atoms with Gasteiger partial charge in [0, 0.05) is 1.37 Å². The molecule has 1 heteroatoms. The Morgan fingerprint density at radius 1 is 1.57 bits per heavy atom. The van der Waals surface area contributed by atoms with Gasteiger partial charge < -0.3 is 5.11 Å². The lowest BCUT2D eigenvalue weighted by molar-refractivity contribution is 0.168. The number of hydrogen-bond acceptors (Lipinski definition) is 1. The van der Waals surface area contributed by atoms with Gasteiger partial charge in [0.1, 0.15) is 0 Å². The van der Waals surface area contributed by atoms with Crippen molar-refractivity contribution in [1.82, 2.24) is 0 Å². The highest BCUT2D eigenvalue weighted by atomic mass is 16.3. The molecule has 0 fully saturated rings. The van der Waals surface area contributed by atoms with Gasteiger partial charge in [0.2, 0.25) is 0 Å². The molecule has 0 heterocycles. The zero-order chi connectivity index (χ0) is 6.73. The normalized spacial score (nSPS) is 21.6. The van der Waals surface area contributed by atoms with Gasteiger partial charge in [-0.3, -0.25) is 0 Å². The predicted octanol–water partition coefficient (Wildman–Crippen LogP) is 1.41. The summed E-state index contributed by atoms with van der Waals surface area (Å²) in [5.41, 5.74) is 0. The van der Waals surface area contributed by atoms with E-state index in [0.717, 1.165) is 0 Å². The summed E-state index contributed by atoms with van der Waals surface area (Å²) in [6, 6.07) is 0. The molecule has 1 nitrogen and oxygen atoms in total. The smallest absolute Gasteiger partial charge is 0.0514 e. The van der Waals surface area contributed by atoms with E-state index in [1.54, 1.807) is 6.92 Å². The molecule has 0 aromatic heterocycles. The molecule has 0 spiro atoms. The molecule has 0 aliphatic heterocycles. The number of aliphatic hydroxyl groups excluding tert-OH is 1. The minimum Gasteiger partial charge on any atom is -0.393 e. The van der Waals surface area contributed by atoms with Crippen molar-refractivity contribution in [1.29, 1.82) is 0 Å². The molecular weight excluding hydrogens is 88.1 g/mol. The van der Waals surface area contributed by atoms with Gasteiger partial charge in [0.15, 0.2) is 0 Å². The lowest BCUT2D eigenvalue weighted by Gasteiger charge is -2.04. The van der Waals surface area contributed by atoms with Crippen LogP contribution in [-0.2, 0) is 0 Å². The summed E-state index contributed by atoms with van der Waals surface area (Å²) in [7, 11) is 0. The van der Waals surface area contributed by atoms with Gasteiger partial charge in [0.25, 0.3) is 0 Å². The molecule has 0 amide bonds. The molecule has 7 heavy (non-hydrogen) atoms. The third-order valence-corrected chi connectivity index (χ3v) is 0.663. The number of rotatable bonds is 2. The van der Waals surface area contributed by atoms with Crippen LogP contribution in [0.15, 0.2) is 0 Å². The fourth-order valence-electron chi connectivity index (χ4n) is 0.557. The van der Waals surface area contributed by atoms with Crippen LogP contribution in [0.2, 0.25) is 0 Å². The molecule has 0 aliphatic carbocycles. The molecule has 0 saturated heterocycles. The van der Waals surface area contributed by atoms with Crippen LogP contribution >= 0.6 is 0 Å². The molecule has 0 radical (unpaired) electrons. The maximum absolute atomic E-state index is 8.80. The standard InChI is InChI=1S/C6H14O/c1-5(2)4-6(3)7/h5-7H,4H2,1-3H3/t6-/m1/s1/i4D/t4-,6+/m0. The van der Waals surface area contributed by atoms with Crippen LogP contribution in [0.1, 0.15) is 28.5 Å². The van der Waals surface area contributed by atoms with Gasteiger partial charge in [-0.05, 0) is 19.2 Å². The van der Waals surface area contributed by atoms with E-state index in [-0.39, 0.29) is 12.3 Å². The van der Waals surface area contributed by atoms with E-state index in [4.69, 9.17) is 6.48 Å². The second-order valence-corrected chi connectivity index (χ2v) is 2.18. The van der Waals surface area contributed by atoms with E-state index < -0.39 is 6.10 Å². The van der Waals surface area contributed by atoms with Crippen molar-refractivity contribution in [3.05, 3.63) is 0 Å². The molecule has 1 N–H and O–H groups in total. The van der Waals surface area contributed by atoms with Crippen molar-refractivity contribution < 1.29 is 6.48 Å². The fourth-order valence-corrected chi connectivity index (χ4v) is 0.557. The van der Waals surface area contributed by atoms with E-state index in [0.29, 0.717) is 0 Å². The van der Waals surface area contributed by atoms with Gasteiger partial charge >= 0.3 is 0 Å². The van der Waals surface area contributed by atoms with Crippen molar-refractivity contribution in [2.45, 2.75) is 33.3 Å². The summed E-state index contributed by atoms with van der Waals surface area (Å²) < 4.78 is 7.23. The highest BCUT2D eigenvalue weighted by Gasteiger charge is 1.97. The quantitative estimate of drug-likeness (QED) is 0.560. The van der Waals surface area contributed by atoms with Crippen LogP contribution in [0.25, 0.3) is 0 Å². The van der Waals surface area contributed by atoms with E-state index in [2.05, 4.69) is 0 Å². The second-order valence-electron chi connectivity index (χ2n) is 2.18. The zero-order valence-corrected chi connectivity index (χ0v) is 5.18. The SMILES string of the molecule is [2H][C@@H](C(C)C)[C@@H](C)O. The summed E-state index contributed by atoms with van der Waals surface area (Å²) in [5.74, 6) is 0.259. The lowest BCUT2D eigenvalue weighted by Crippen LogP contribution is -2.03. The van der Waals surface area contributed by atoms with E-state index >= 15 is 0 Å². The molecule has 0 aromatic carbocycles. The van der Waals surface area contributed by atoms with E-state index in [9.17, 15) is 0 Å². The lowest BCUT2D eigenvalue weighted by atomic mass is 10.1. The number of hydrogen-bond donors (Lipinski definition) is 1. The minimum atomic E-state index is -0.491. The van der Waals surface area contributed by atoms with Gasteiger partial charge in [-0.2, -0.15) is 0 Å². The average molecular weight is 103 g/mol. The third kappa shape index (κ3) is 5.96. The summed E-state index contributed by atoms with van der Waals surface area (Å²) in [6.45, 7) is 5.52. The maximum atomic E-state index is 8.80. The number of aliphatic hydroxyl groups is 1. The Kier molecular flexibility index (Phi) is 2.21. The van der Waals surface area contributed by atoms with Crippen LogP contribution in [0.3, 0.4) is 0 Å². The second kappa shape index (κ2) is 3.03. The predicted molar refractivity (Wildman–Crippen MR) is 31.1 cm³/mol. The highest BCUT2D eigenvalue weighted by molar-refractivity contribution is 4.49. The van der Waals surface area contributed by atoms with Gasteiger partial charge in [0.05, 0.1) is 6.10 Å². The van der Waals surface area contributed by atoms with Crippen molar-refractivity contribution in [3.8, 4) is 0 Å². The van der Waals surface area contributed by atoms with Crippen molar-refractivity contribution in [2.75, 3.05) is 0 Å². The maximum Gasteiger partial charge on any atom is 0.0514 e. The fraction of sp³-hybridized carbons (Fsp3) is 1.00. The molecule has 0 bridgehead atoms. The molecule has 44 valence electrons. The van der Waals surface area contributed by atoms with Crippen molar-refractivity contribution >= 4 is 0 Å². The highest BCUT2D eigenvalue weighted by Crippen LogP contribution is 2.01. The average Bonchev–Trinajstić information content (AvgIpc) is 1.64. The van der Waals surface area contributed by atoms with Gasteiger partial charge in [-0.1, -0.05) is 13.8 Å². The molecular formula is C6H14O. The first kappa shape index (κ1) is 5.10. The van der Waals surface area contributed by atoms with Gasteiger partial charge in [-0.25, -0.2) is 0 Å². The zero-order valence-electron chi connectivity index (χ0n) is 6.18. The van der Waals surface area contributed by atoms with Crippen LogP contribution in [0.5, 0.6) is 0 Å². The molecule has 0 aromatic rings. The summed E-state index contributed by atoms with van der Waals surface area (Å²) in [4.78, 5) is 0. The first-order valence-corrected chi connectivity index (χ1v) is 2.66. The molecule has 0 unspecified atom stereocenters. The summed E-state index contributed by atoms with van der Waals surface area (Å²) >= 11 is 0. The van der Waals surface area contributed by atoms with E-state index in [1.807, 2.05) is 13.8 Å². The monoisotopic (exact) mass is 103 g/mol. The van der Waals surface area contributed by atoms with E-state index in [1.165, 1.54) is 0 Å². The first-order valence-electron chi connectivity index (χ1n) is 3.23. The first-order chi connectivity index (χ1) is 3.55. The van der Waals surface area contributed by atoms with Crippen molar-refractivity contribution in [2.24, 2.45) is 5.92 Å². The van der Waals surface area contributed by atoms with Crippen LogP contribution in [-0.4, -0.2) is 11.2 Å². The van der Waals surface area contributed by atoms with Crippen LogP contribution in [0.4, 0.5) is 0 Å². The largest absolute Gasteiger partial charge is 0.393 e. The van der Waals surface area contributed by atoms with Crippen LogP contribution < -0.4 is 0 Å². The molecule has 0 saturated carbocycles. The molecule has 0 rings (SSSR count). The Balaban J connectivity index is 3.46. The Labute approximate surface area is 46.8 Å². The molecule has 2 atom stereocenters. The summed E-state index contributed by atoms with van der Waals surface area (Å²) in [6.07, 6.45) is -0.815. The Hall–Kier alpha value is -0.0400. The minimum absolute atomic E-state index is 0.259. The van der Waals surface area contributed by atoms with Crippen molar-refractivity contribution in [3.63, 3.8) is 0 Å². The third-order valence-electron chi connectivity index (χ3n) is 0.663. The van der Waals surface area contributed by atoms with Gasteiger partial charge in [-0.15, -0.1) is 0 Å².